The normalized spacial score (nSPS) is 20.2. The molecule has 0 aromatic heterocycles. The second-order valence-corrected chi connectivity index (χ2v) is 7.45. The molecule has 0 spiro atoms. The van der Waals surface area contributed by atoms with Gasteiger partial charge in [-0.1, -0.05) is 18.5 Å². The summed E-state index contributed by atoms with van der Waals surface area (Å²) in [4.78, 5) is 28.4. The Labute approximate surface area is 169 Å². The van der Waals surface area contributed by atoms with Crippen LogP contribution in [-0.2, 0) is 23.8 Å². The fraction of sp³-hybridized carbons (Fsp3) is 0.500. The van der Waals surface area contributed by atoms with E-state index in [-0.39, 0.29) is 24.6 Å². The van der Waals surface area contributed by atoms with Crippen molar-refractivity contribution in [2.45, 2.75) is 19.8 Å². The second-order valence-electron chi connectivity index (χ2n) is 7.05. The van der Waals surface area contributed by atoms with E-state index in [1.165, 1.54) is 20.6 Å². The molecule has 0 radical (unpaired) electrons. The molecule has 1 aromatic rings. The summed E-state index contributed by atoms with van der Waals surface area (Å²) in [6.07, 6.45) is 2.36. The molecule has 28 heavy (non-hydrogen) atoms. The van der Waals surface area contributed by atoms with Crippen molar-refractivity contribution in [1.29, 1.82) is 0 Å². The van der Waals surface area contributed by atoms with Gasteiger partial charge in [0.1, 0.15) is 12.4 Å². The molecule has 8 heteroatoms. The number of carbonyl (C=O) groups excluding carboxylic acids is 2. The van der Waals surface area contributed by atoms with Crippen LogP contribution >= 0.6 is 11.6 Å². The Hall–Kier alpha value is -2.25. The van der Waals surface area contributed by atoms with Crippen LogP contribution in [0.15, 0.2) is 29.5 Å². The maximum atomic E-state index is 12.4. The van der Waals surface area contributed by atoms with Crippen molar-refractivity contribution in [2.75, 3.05) is 50.4 Å². The smallest absolute Gasteiger partial charge is 0.355 e. The molecule has 1 aromatic carbocycles. The molecule has 0 saturated carbocycles. The van der Waals surface area contributed by atoms with Crippen molar-refractivity contribution in [3.63, 3.8) is 0 Å². The molecule has 152 valence electrons. The molecular weight excluding hydrogens is 384 g/mol. The standard InChI is InChI=1S/C20H25ClN2O5/c1-13-5-4-8-22(10-13)17-7-6-14(9-16(17)21)23-12-28-11-15(19(24)26-2)18(23)20(25)27-3/h6-7,9,13H,4-5,8,10-12H2,1-3H3. The summed E-state index contributed by atoms with van der Waals surface area (Å²) in [6, 6.07) is 5.59. The molecule has 2 heterocycles. The number of halogens is 1. The number of hydrogen-bond donors (Lipinski definition) is 0. The third-order valence-corrected chi connectivity index (χ3v) is 5.38. The van der Waals surface area contributed by atoms with Crippen LogP contribution in [0.3, 0.4) is 0 Å². The van der Waals surface area contributed by atoms with E-state index in [9.17, 15) is 9.59 Å². The first-order chi connectivity index (χ1) is 13.5. The van der Waals surface area contributed by atoms with Crippen molar-refractivity contribution >= 4 is 34.9 Å². The van der Waals surface area contributed by atoms with Crippen LogP contribution in [-0.4, -0.2) is 52.6 Å². The minimum absolute atomic E-state index is 0.0227. The van der Waals surface area contributed by atoms with Gasteiger partial charge in [-0.2, -0.15) is 0 Å². The average Bonchev–Trinajstić information content (AvgIpc) is 2.71. The van der Waals surface area contributed by atoms with Gasteiger partial charge in [0.2, 0.25) is 0 Å². The highest BCUT2D eigenvalue weighted by molar-refractivity contribution is 6.33. The van der Waals surface area contributed by atoms with Gasteiger partial charge in [0, 0.05) is 18.8 Å². The Bertz CT molecular complexity index is 795. The first-order valence-corrected chi connectivity index (χ1v) is 9.63. The zero-order valence-corrected chi connectivity index (χ0v) is 17.1. The lowest BCUT2D eigenvalue weighted by Gasteiger charge is -2.34. The minimum atomic E-state index is -0.631. The summed E-state index contributed by atoms with van der Waals surface area (Å²) in [5.41, 5.74) is 1.83. The van der Waals surface area contributed by atoms with Crippen LogP contribution < -0.4 is 9.80 Å². The van der Waals surface area contributed by atoms with Crippen molar-refractivity contribution in [3.8, 4) is 0 Å². The molecule has 1 saturated heterocycles. The fourth-order valence-corrected chi connectivity index (χ4v) is 3.97. The molecule has 0 bridgehead atoms. The Morgan fingerprint density at radius 1 is 1.21 bits per heavy atom. The number of methoxy groups -OCH3 is 2. The van der Waals surface area contributed by atoms with Gasteiger partial charge < -0.3 is 24.0 Å². The number of rotatable bonds is 4. The van der Waals surface area contributed by atoms with Gasteiger partial charge in [0.25, 0.3) is 0 Å². The lowest BCUT2D eigenvalue weighted by atomic mass is 9.99. The molecule has 3 rings (SSSR count). The highest BCUT2D eigenvalue weighted by atomic mass is 35.5. The van der Waals surface area contributed by atoms with Crippen LogP contribution in [0.4, 0.5) is 11.4 Å². The van der Waals surface area contributed by atoms with E-state index < -0.39 is 11.9 Å². The predicted molar refractivity (Wildman–Crippen MR) is 106 cm³/mol. The van der Waals surface area contributed by atoms with Gasteiger partial charge in [0.05, 0.1) is 37.1 Å². The quantitative estimate of drug-likeness (QED) is 0.709. The lowest BCUT2D eigenvalue weighted by Crippen LogP contribution is -2.39. The molecule has 1 fully saturated rings. The van der Waals surface area contributed by atoms with Crippen LogP contribution in [0.2, 0.25) is 5.02 Å². The molecule has 7 nitrogen and oxygen atoms in total. The van der Waals surface area contributed by atoms with Crippen LogP contribution in [0.25, 0.3) is 0 Å². The summed E-state index contributed by atoms with van der Waals surface area (Å²) in [7, 11) is 2.53. The highest BCUT2D eigenvalue weighted by Gasteiger charge is 2.32. The SMILES string of the molecule is COC(=O)C1=C(C(=O)OC)N(c2ccc(N3CCCC(C)C3)c(Cl)c2)COC1. The lowest BCUT2D eigenvalue weighted by molar-refractivity contribution is -0.140. The van der Waals surface area contributed by atoms with E-state index >= 15 is 0 Å². The molecular formula is C20H25ClN2O5. The molecule has 0 amide bonds. The number of hydrogen-bond acceptors (Lipinski definition) is 7. The van der Waals surface area contributed by atoms with Gasteiger partial charge >= 0.3 is 11.9 Å². The second kappa shape index (κ2) is 8.84. The molecule has 0 aliphatic carbocycles. The number of benzene rings is 1. The van der Waals surface area contributed by atoms with E-state index in [1.54, 1.807) is 11.0 Å². The predicted octanol–water partition coefficient (Wildman–Crippen LogP) is 2.97. The summed E-state index contributed by atoms with van der Waals surface area (Å²) in [5.74, 6) is -0.639. The van der Waals surface area contributed by atoms with Crippen LogP contribution in [0.5, 0.6) is 0 Å². The summed E-state index contributed by atoms with van der Waals surface area (Å²) < 4.78 is 15.2. The minimum Gasteiger partial charge on any atom is -0.466 e. The first-order valence-electron chi connectivity index (χ1n) is 9.25. The van der Waals surface area contributed by atoms with Crippen molar-refractivity contribution in [3.05, 3.63) is 34.5 Å². The highest BCUT2D eigenvalue weighted by Crippen LogP contribution is 2.35. The Morgan fingerprint density at radius 2 is 1.96 bits per heavy atom. The number of carbonyl (C=O) groups is 2. The third-order valence-electron chi connectivity index (χ3n) is 5.07. The summed E-state index contributed by atoms with van der Waals surface area (Å²) in [6.45, 7) is 4.25. The molecule has 2 aliphatic rings. The van der Waals surface area contributed by atoms with Crippen molar-refractivity contribution in [2.24, 2.45) is 5.92 Å². The van der Waals surface area contributed by atoms with Crippen LogP contribution in [0, 0.1) is 5.92 Å². The molecule has 1 unspecified atom stereocenters. The monoisotopic (exact) mass is 408 g/mol. The number of anilines is 2. The largest absolute Gasteiger partial charge is 0.466 e. The van der Waals surface area contributed by atoms with E-state index in [4.69, 9.17) is 25.8 Å². The van der Waals surface area contributed by atoms with Gasteiger partial charge in [-0.25, -0.2) is 9.59 Å². The molecule has 2 aliphatic heterocycles. The molecule has 1 atom stereocenters. The van der Waals surface area contributed by atoms with Gasteiger partial charge in [-0.3, -0.25) is 0 Å². The number of piperidine rings is 1. The summed E-state index contributed by atoms with van der Waals surface area (Å²) in [5, 5.41) is 0.584. The van der Waals surface area contributed by atoms with E-state index in [1.807, 2.05) is 12.1 Å². The Balaban J connectivity index is 1.96. The van der Waals surface area contributed by atoms with E-state index in [0.717, 1.165) is 25.2 Å². The van der Waals surface area contributed by atoms with E-state index in [0.29, 0.717) is 16.6 Å². The zero-order chi connectivity index (χ0) is 20.3. The van der Waals surface area contributed by atoms with Crippen LogP contribution in [0.1, 0.15) is 19.8 Å². The summed E-state index contributed by atoms with van der Waals surface area (Å²) >= 11 is 6.58. The Kier molecular flexibility index (Phi) is 6.46. The average molecular weight is 409 g/mol. The van der Waals surface area contributed by atoms with Gasteiger partial charge in [0.15, 0.2) is 0 Å². The van der Waals surface area contributed by atoms with Gasteiger partial charge in [-0.05, 0) is 37.0 Å². The third kappa shape index (κ3) is 4.10. The fourth-order valence-electron chi connectivity index (χ4n) is 3.68. The molecule has 0 N–H and O–H groups in total. The number of esters is 2. The maximum Gasteiger partial charge on any atom is 0.355 e. The van der Waals surface area contributed by atoms with Gasteiger partial charge in [-0.15, -0.1) is 0 Å². The number of ether oxygens (including phenoxy) is 3. The van der Waals surface area contributed by atoms with Crippen molar-refractivity contribution in [1.82, 2.24) is 0 Å². The van der Waals surface area contributed by atoms with E-state index in [2.05, 4.69) is 11.8 Å². The zero-order valence-electron chi connectivity index (χ0n) is 16.4. The maximum absolute atomic E-state index is 12.4. The Morgan fingerprint density at radius 3 is 2.61 bits per heavy atom. The first kappa shape index (κ1) is 20.5. The topological polar surface area (TPSA) is 68.3 Å². The van der Waals surface area contributed by atoms with Crippen molar-refractivity contribution < 1.29 is 23.8 Å². The number of nitrogens with zero attached hydrogens (tertiary/aromatic N) is 2.